The van der Waals surface area contributed by atoms with Crippen LogP contribution in [-0.4, -0.2) is 33.6 Å². The second-order valence-corrected chi connectivity index (χ2v) is 6.38. The maximum atomic E-state index is 11.9. The first kappa shape index (κ1) is 16.5. The van der Waals surface area contributed by atoms with Gasteiger partial charge in [0.2, 0.25) is 0 Å². The van der Waals surface area contributed by atoms with E-state index in [1.165, 1.54) is 0 Å². The lowest BCUT2D eigenvalue weighted by Crippen LogP contribution is -2.39. The standard InChI is InChI=1S/C18H24N4O2/c23-17-8-4-5-14(9-17)10-19-18(24)20-11-15-12-21-22(13-15)16-6-2-1-3-7-16/h1-3,6-7,12-14,17,23H,4-5,8-11H2,(H2,19,20,24). The minimum absolute atomic E-state index is 0.178. The van der Waals surface area contributed by atoms with Crippen LogP contribution in [-0.2, 0) is 6.54 Å². The van der Waals surface area contributed by atoms with Gasteiger partial charge in [-0.15, -0.1) is 0 Å². The molecule has 2 aromatic rings. The average Bonchev–Trinajstić information content (AvgIpc) is 3.08. The summed E-state index contributed by atoms with van der Waals surface area (Å²) >= 11 is 0. The molecule has 1 aromatic heterocycles. The van der Waals surface area contributed by atoms with Crippen LogP contribution in [0.15, 0.2) is 42.7 Å². The van der Waals surface area contributed by atoms with E-state index in [-0.39, 0.29) is 12.1 Å². The van der Waals surface area contributed by atoms with Crippen LogP contribution in [0.3, 0.4) is 0 Å². The zero-order chi connectivity index (χ0) is 16.8. The van der Waals surface area contributed by atoms with Crippen LogP contribution >= 0.6 is 0 Å². The molecule has 0 spiro atoms. The van der Waals surface area contributed by atoms with Crippen molar-refractivity contribution < 1.29 is 9.90 Å². The Morgan fingerprint density at radius 2 is 2.08 bits per heavy atom. The number of benzene rings is 1. The summed E-state index contributed by atoms with van der Waals surface area (Å²) in [5.41, 5.74) is 1.94. The molecule has 24 heavy (non-hydrogen) atoms. The summed E-state index contributed by atoms with van der Waals surface area (Å²) in [5.74, 6) is 0.375. The summed E-state index contributed by atoms with van der Waals surface area (Å²) in [5, 5.41) is 19.7. The van der Waals surface area contributed by atoms with Crippen LogP contribution < -0.4 is 10.6 Å². The molecular formula is C18H24N4O2. The zero-order valence-electron chi connectivity index (χ0n) is 13.7. The third-order valence-electron chi connectivity index (χ3n) is 4.42. The number of rotatable bonds is 5. The summed E-state index contributed by atoms with van der Waals surface area (Å²) in [7, 11) is 0. The van der Waals surface area contributed by atoms with Gasteiger partial charge in [0, 0.05) is 24.8 Å². The van der Waals surface area contributed by atoms with Crippen LogP contribution in [0.5, 0.6) is 0 Å². The summed E-state index contributed by atoms with van der Waals surface area (Å²) in [4.78, 5) is 11.9. The molecule has 3 N–H and O–H groups in total. The van der Waals surface area contributed by atoms with Gasteiger partial charge in [0.1, 0.15) is 0 Å². The highest BCUT2D eigenvalue weighted by Crippen LogP contribution is 2.23. The molecule has 2 atom stereocenters. The Kier molecular flexibility index (Phi) is 5.48. The summed E-state index contributed by atoms with van der Waals surface area (Å²) in [6, 6.07) is 9.67. The van der Waals surface area contributed by atoms with Gasteiger partial charge in [0.15, 0.2) is 0 Å². The summed E-state index contributed by atoms with van der Waals surface area (Å²) < 4.78 is 1.79. The molecule has 2 amide bonds. The second kappa shape index (κ2) is 7.97. The molecule has 6 nitrogen and oxygen atoms in total. The fourth-order valence-electron chi connectivity index (χ4n) is 3.10. The van der Waals surface area contributed by atoms with Crippen molar-refractivity contribution in [1.82, 2.24) is 20.4 Å². The largest absolute Gasteiger partial charge is 0.393 e. The number of hydrogen-bond donors (Lipinski definition) is 3. The van der Waals surface area contributed by atoms with Crippen LogP contribution in [0, 0.1) is 5.92 Å². The topological polar surface area (TPSA) is 79.2 Å². The number of nitrogens with zero attached hydrogens (tertiary/aromatic N) is 2. The number of aromatic nitrogens is 2. The van der Waals surface area contributed by atoms with E-state index < -0.39 is 0 Å². The van der Waals surface area contributed by atoms with Gasteiger partial charge in [0.25, 0.3) is 0 Å². The Balaban J connectivity index is 1.42. The normalized spacial score (nSPS) is 20.5. The number of hydrogen-bond acceptors (Lipinski definition) is 3. The van der Waals surface area contributed by atoms with Crippen LogP contribution in [0.4, 0.5) is 4.79 Å². The van der Waals surface area contributed by atoms with Gasteiger partial charge < -0.3 is 15.7 Å². The first-order valence-corrected chi connectivity index (χ1v) is 8.49. The second-order valence-electron chi connectivity index (χ2n) is 6.38. The third-order valence-corrected chi connectivity index (χ3v) is 4.42. The lowest BCUT2D eigenvalue weighted by atomic mass is 9.87. The number of aliphatic hydroxyl groups is 1. The number of para-hydroxylation sites is 1. The molecular weight excluding hydrogens is 304 g/mol. The van der Waals surface area contributed by atoms with E-state index in [9.17, 15) is 9.90 Å². The molecule has 0 saturated heterocycles. The maximum absolute atomic E-state index is 11.9. The molecule has 1 aromatic carbocycles. The van der Waals surface area contributed by atoms with E-state index in [0.717, 1.165) is 36.9 Å². The first-order chi connectivity index (χ1) is 11.7. The number of carbonyl (C=O) groups excluding carboxylic acids is 1. The molecule has 2 unspecified atom stereocenters. The molecule has 0 aliphatic heterocycles. The quantitative estimate of drug-likeness (QED) is 0.787. The van der Waals surface area contributed by atoms with Crippen molar-refractivity contribution in [2.75, 3.05) is 6.54 Å². The van der Waals surface area contributed by atoms with Gasteiger partial charge in [-0.05, 0) is 37.3 Å². The fourth-order valence-corrected chi connectivity index (χ4v) is 3.10. The average molecular weight is 328 g/mol. The summed E-state index contributed by atoms with van der Waals surface area (Å²) in [6.45, 7) is 1.05. The Morgan fingerprint density at radius 3 is 2.88 bits per heavy atom. The molecule has 1 aliphatic rings. The number of amides is 2. The Hall–Kier alpha value is -2.34. The highest BCUT2D eigenvalue weighted by Gasteiger charge is 2.20. The van der Waals surface area contributed by atoms with Gasteiger partial charge in [-0.25, -0.2) is 9.48 Å². The maximum Gasteiger partial charge on any atom is 0.315 e. The zero-order valence-corrected chi connectivity index (χ0v) is 13.7. The van der Waals surface area contributed by atoms with Crippen molar-refractivity contribution in [3.05, 3.63) is 48.3 Å². The van der Waals surface area contributed by atoms with E-state index in [1.807, 2.05) is 36.5 Å². The number of aliphatic hydroxyl groups excluding tert-OH is 1. The minimum Gasteiger partial charge on any atom is -0.393 e. The lowest BCUT2D eigenvalue weighted by molar-refractivity contribution is 0.101. The van der Waals surface area contributed by atoms with Crippen molar-refractivity contribution in [1.29, 1.82) is 0 Å². The van der Waals surface area contributed by atoms with Crippen LogP contribution in [0.1, 0.15) is 31.2 Å². The van der Waals surface area contributed by atoms with E-state index >= 15 is 0 Å². The van der Waals surface area contributed by atoms with E-state index in [4.69, 9.17) is 0 Å². The number of urea groups is 1. The predicted molar refractivity (Wildman–Crippen MR) is 91.8 cm³/mol. The molecule has 0 bridgehead atoms. The van der Waals surface area contributed by atoms with E-state index in [0.29, 0.717) is 19.0 Å². The van der Waals surface area contributed by atoms with Gasteiger partial charge in [-0.2, -0.15) is 5.10 Å². The van der Waals surface area contributed by atoms with Gasteiger partial charge in [-0.1, -0.05) is 24.6 Å². The molecule has 128 valence electrons. The van der Waals surface area contributed by atoms with Crippen molar-refractivity contribution in [2.45, 2.75) is 38.3 Å². The molecule has 1 heterocycles. The Morgan fingerprint density at radius 1 is 1.25 bits per heavy atom. The smallest absolute Gasteiger partial charge is 0.315 e. The monoisotopic (exact) mass is 328 g/mol. The van der Waals surface area contributed by atoms with Crippen LogP contribution in [0.25, 0.3) is 5.69 Å². The van der Waals surface area contributed by atoms with Crippen molar-refractivity contribution in [2.24, 2.45) is 5.92 Å². The molecule has 6 heteroatoms. The van der Waals surface area contributed by atoms with Gasteiger partial charge >= 0.3 is 6.03 Å². The molecule has 0 radical (unpaired) electrons. The minimum atomic E-state index is -0.211. The SMILES string of the molecule is O=C(NCc1cnn(-c2ccccc2)c1)NCC1CCCC(O)C1. The fraction of sp³-hybridized carbons (Fsp3) is 0.444. The number of carbonyl (C=O) groups is 1. The predicted octanol–water partition coefficient (Wildman–Crippen LogP) is 2.22. The van der Waals surface area contributed by atoms with E-state index in [2.05, 4.69) is 15.7 Å². The molecule has 1 fully saturated rings. The molecule has 3 rings (SSSR count). The molecule has 1 aliphatic carbocycles. The number of nitrogens with one attached hydrogen (secondary N) is 2. The van der Waals surface area contributed by atoms with Gasteiger partial charge in [0.05, 0.1) is 18.0 Å². The van der Waals surface area contributed by atoms with Crippen molar-refractivity contribution in [3.63, 3.8) is 0 Å². The first-order valence-electron chi connectivity index (χ1n) is 8.49. The van der Waals surface area contributed by atoms with Crippen LogP contribution in [0.2, 0.25) is 0 Å². The highest BCUT2D eigenvalue weighted by atomic mass is 16.3. The van der Waals surface area contributed by atoms with Crippen molar-refractivity contribution >= 4 is 6.03 Å². The highest BCUT2D eigenvalue weighted by molar-refractivity contribution is 5.73. The van der Waals surface area contributed by atoms with Crippen molar-refractivity contribution in [3.8, 4) is 5.69 Å². The third kappa shape index (κ3) is 4.58. The molecule has 1 saturated carbocycles. The lowest BCUT2D eigenvalue weighted by Gasteiger charge is -2.25. The Labute approximate surface area is 141 Å². The summed E-state index contributed by atoms with van der Waals surface area (Å²) in [6.07, 6.45) is 7.22. The van der Waals surface area contributed by atoms with Gasteiger partial charge in [-0.3, -0.25) is 0 Å². The van der Waals surface area contributed by atoms with E-state index in [1.54, 1.807) is 10.9 Å². The Bertz CT molecular complexity index is 656.